The van der Waals surface area contributed by atoms with Crippen molar-refractivity contribution in [3.8, 4) is 0 Å². The van der Waals surface area contributed by atoms with Crippen LogP contribution in [-0.2, 0) is 4.74 Å². The molecule has 0 aromatic heterocycles. The fraction of sp³-hybridized carbons (Fsp3) is 0.500. The van der Waals surface area contributed by atoms with E-state index in [2.05, 4.69) is 42.6 Å². The summed E-state index contributed by atoms with van der Waals surface area (Å²) in [6.07, 6.45) is 0. The van der Waals surface area contributed by atoms with Gasteiger partial charge < -0.3 is 10.1 Å². The molecule has 0 radical (unpaired) electrons. The van der Waals surface area contributed by atoms with Crippen molar-refractivity contribution in [3.63, 3.8) is 0 Å². The van der Waals surface area contributed by atoms with E-state index in [1.807, 2.05) is 0 Å². The molecule has 1 aromatic carbocycles. The summed E-state index contributed by atoms with van der Waals surface area (Å²) in [4.78, 5) is 0. The van der Waals surface area contributed by atoms with Crippen molar-refractivity contribution in [1.82, 2.24) is 5.32 Å². The average Bonchev–Trinajstić information content (AvgIpc) is 2.25. The van der Waals surface area contributed by atoms with E-state index in [0.717, 1.165) is 19.7 Å². The summed E-state index contributed by atoms with van der Waals surface area (Å²) in [6, 6.07) is 10.6. The van der Waals surface area contributed by atoms with Crippen LogP contribution in [0.3, 0.4) is 0 Å². The molecule has 0 aliphatic heterocycles. The summed E-state index contributed by atoms with van der Waals surface area (Å²) in [7, 11) is 1.72. The first-order chi connectivity index (χ1) is 6.84. The van der Waals surface area contributed by atoms with E-state index in [9.17, 15) is 0 Å². The van der Waals surface area contributed by atoms with Gasteiger partial charge in [-0.1, -0.05) is 37.3 Å². The van der Waals surface area contributed by atoms with Gasteiger partial charge in [-0.15, -0.1) is 12.4 Å². The normalized spacial score (nSPS) is 11.9. The first-order valence-corrected chi connectivity index (χ1v) is 5.09. The minimum Gasteiger partial charge on any atom is -0.383 e. The third-order valence-electron chi connectivity index (χ3n) is 2.30. The Bertz CT molecular complexity index is 241. The Morgan fingerprint density at radius 2 is 1.93 bits per heavy atom. The molecule has 0 spiro atoms. The van der Waals surface area contributed by atoms with Gasteiger partial charge in [-0.2, -0.15) is 0 Å². The smallest absolute Gasteiger partial charge is 0.0587 e. The van der Waals surface area contributed by atoms with Gasteiger partial charge in [0.05, 0.1) is 6.61 Å². The number of halogens is 1. The Hall–Kier alpha value is -0.570. The van der Waals surface area contributed by atoms with Crippen LogP contribution < -0.4 is 5.32 Å². The highest BCUT2D eigenvalue weighted by Gasteiger charge is 2.02. The van der Waals surface area contributed by atoms with E-state index in [0.29, 0.717) is 5.92 Å². The third kappa shape index (κ3) is 5.78. The van der Waals surface area contributed by atoms with Gasteiger partial charge in [-0.05, 0) is 11.5 Å². The molecule has 86 valence electrons. The molecule has 2 nitrogen and oxygen atoms in total. The molecule has 0 amide bonds. The summed E-state index contributed by atoms with van der Waals surface area (Å²) in [6.45, 7) is 4.94. The second-order valence-corrected chi connectivity index (χ2v) is 3.51. The first kappa shape index (κ1) is 14.4. The van der Waals surface area contributed by atoms with Crippen LogP contribution in [0.5, 0.6) is 0 Å². The monoisotopic (exact) mass is 229 g/mol. The number of benzene rings is 1. The van der Waals surface area contributed by atoms with Crippen LogP contribution >= 0.6 is 12.4 Å². The average molecular weight is 230 g/mol. The van der Waals surface area contributed by atoms with Gasteiger partial charge >= 0.3 is 0 Å². The van der Waals surface area contributed by atoms with Crippen LogP contribution in [0.25, 0.3) is 0 Å². The van der Waals surface area contributed by atoms with Gasteiger partial charge in [0.25, 0.3) is 0 Å². The molecular formula is C12H20ClNO. The fourth-order valence-corrected chi connectivity index (χ4v) is 1.39. The lowest BCUT2D eigenvalue weighted by Gasteiger charge is -2.12. The van der Waals surface area contributed by atoms with E-state index in [1.54, 1.807) is 7.11 Å². The lowest BCUT2D eigenvalue weighted by molar-refractivity contribution is 0.199. The fourth-order valence-electron chi connectivity index (χ4n) is 1.39. The van der Waals surface area contributed by atoms with Crippen LogP contribution in [0.4, 0.5) is 0 Å². The van der Waals surface area contributed by atoms with Crippen LogP contribution in [0, 0.1) is 0 Å². The maximum absolute atomic E-state index is 4.97. The zero-order chi connectivity index (χ0) is 10.2. The predicted molar refractivity (Wildman–Crippen MR) is 66.9 cm³/mol. The third-order valence-corrected chi connectivity index (χ3v) is 2.30. The summed E-state index contributed by atoms with van der Waals surface area (Å²) >= 11 is 0. The van der Waals surface area contributed by atoms with Crippen LogP contribution in [0.15, 0.2) is 30.3 Å². The van der Waals surface area contributed by atoms with Crippen LogP contribution in [0.2, 0.25) is 0 Å². The number of nitrogens with one attached hydrogen (secondary N) is 1. The molecule has 0 aliphatic rings. The van der Waals surface area contributed by atoms with Gasteiger partial charge in [0, 0.05) is 20.2 Å². The minimum absolute atomic E-state index is 0. The van der Waals surface area contributed by atoms with E-state index < -0.39 is 0 Å². The van der Waals surface area contributed by atoms with Crippen LogP contribution in [0.1, 0.15) is 18.4 Å². The molecule has 1 aromatic rings. The van der Waals surface area contributed by atoms with Gasteiger partial charge in [0.2, 0.25) is 0 Å². The maximum atomic E-state index is 4.97. The Balaban J connectivity index is 0.00000196. The molecule has 0 heterocycles. The van der Waals surface area contributed by atoms with Crippen molar-refractivity contribution in [2.75, 3.05) is 26.8 Å². The largest absolute Gasteiger partial charge is 0.383 e. The molecule has 1 unspecified atom stereocenters. The van der Waals surface area contributed by atoms with Crippen molar-refractivity contribution in [1.29, 1.82) is 0 Å². The maximum Gasteiger partial charge on any atom is 0.0587 e. The lowest BCUT2D eigenvalue weighted by atomic mass is 10.0. The van der Waals surface area contributed by atoms with E-state index in [4.69, 9.17) is 4.74 Å². The second-order valence-electron chi connectivity index (χ2n) is 3.51. The molecule has 1 N–H and O–H groups in total. The molecule has 0 saturated heterocycles. The summed E-state index contributed by atoms with van der Waals surface area (Å²) in [5.74, 6) is 0.563. The number of hydrogen-bond donors (Lipinski definition) is 1. The quantitative estimate of drug-likeness (QED) is 0.757. The minimum atomic E-state index is 0. The highest BCUT2D eigenvalue weighted by atomic mass is 35.5. The molecule has 3 heteroatoms. The molecular weight excluding hydrogens is 210 g/mol. The molecule has 1 rings (SSSR count). The number of ether oxygens (including phenoxy) is 1. The van der Waals surface area contributed by atoms with Crippen molar-refractivity contribution in [2.24, 2.45) is 0 Å². The second kappa shape index (κ2) is 8.72. The predicted octanol–water partition coefficient (Wildman–Crippen LogP) is 2.45. The first-order valence-electron chi connectivity index (χ1n) is 5.09. The lowest BCUT2D eigenvalue weighted by Crippen LogP contribution is -2.23. The molecule has 1 atom stereocenters. The van der Waals surface area contributed by atoms with Gasteiger partial charge in [0.1, 0.15) is 0 Å². The van der Waals surface area contributed by atoms with Gasteiger partial charge in [-0.3, -0.25) is 0 Å². The molecule has 15 heavy (non-hydrogen) atoms. The standard InChI is InChI=1S/C12H19NO.ClH/c1-11(10-13-8-9-14-2)12-6-4-3-5-7-12;/h3-7,11,13H,8-10H2,1-2H3;1H. The number of methoxy groups -OCH3 is 1. The SMILES string of the molecule is COCCNCC(C)c1ccccc1.Cl. The zero-order valence-electron chi connectivity index (χ0n) is 9.40. The Labute approximate surface area is 98.4 Å². The summed E-state index contributed by atoms with van der Waals surface area (Å²) < 4.78 is 4.97. The van der Waals surface area contributed by atoms with E-state index in [1.165, 1.54) is 5.56 Å². The zero-order valence-corrected chi connectivity index (χ0v) is 10.2. The topological polar surface area (TPSA) is 21.3 Å². The number of hydrogen-bond acceptors (Lipinski definition) is 2. The Morgan fingerprint density at radius 1 is 1.27 bits per heavy atom. The van der Waals surface area contributed by atoms with Crippen molar-refractivity contribution < 1.29 is 4.74 Å². The van der Waals surface area contributed by atoms with Gasteiger partial charge in [0.15, 0.2) is 0 Å². The molecule has 0 aliphatic carbocycles. The Kier molecular flexibility index (Phi) is 8.38. The Morgan fingerprint density at radius 3 is 2.53 bits per heavy atom. The molecule has 0 saturated carbocycles. The van der Waals surface area contributed by atoms with Gasteiger partial charge in [-0.25, -0.2) is 0 Å². The van der Waals surface area contributed by atoms with Crippen molar-refractivity contribution >= 4 is 12.4 Å². The molecule has 0 fully saturated rings. The highest BCUT2D eigenvalue weighted by Crippen LogP contribution is 2.12. The highest BCUT2D eigenvalue weighted by molar-refractivity contribution is 5.85. The van der Waals surface area contributed by atoms with Crippen molar-refractivity contribution in [3.05, 3.63) is 35.9 Å². The van der Waals surface area contributed by atoms with Crippen molar-refractivity contribution in [2.45, 2.75) is 12.8 Å². The molecule has 0 bridgehead atoms. The van der Waals surface area contributed by atoms with E-state index in [-0.39, 0.29) is 12.4 Å². The van der Waals surface area contributed by atoms with E-state index >= 15 is 0 Å². The number of rotatable bonds is 6. The summed E-state index contributed by atoms with van der Waals surface area (Å²) in [5, 5.41) is 3.36. The summed E-state index contributed by atoms with van der Waals surface area (Å²) in [5.41, 5.74) is 1.39. The van der Waals surface area contributed by atoms with Crippen LogP contribution in [-0.4, -0.2) is 26.8 Å².